The summed E-state index contributed by atoms with van der Waals surface area (Å²) in [6.45, 7) is 2.46. The number of hydrogen-bond acceptors (Lipinski definition) is 2. The van der Waals surface area contributed by atoms with E-state index in [1.165, 1.54) is 5.56 Å². The molecule has 3 heteroatoms. The Morgan fingerprint density at radius 2 is 2.06 bits per heavy atom. The van der Waals surface area contributed by atoms with E-state index < -0.39 is 0 Å². The van der Waals surface area contributed by atoms with E-state index in [0.717, 1.165) is 43.5 Å². The van der Waals surface area contributed by atoms with Gasteiger partial charge < -0.3 is 10.5 Å². The quantitative estimate of drug-likeness (QED) is 0.926. The van der Waals surface area contributed by atoms with Gasteiger partial charge in [-0.15, -0.1) is 0 Å². The third kappa shape index (κ3) is 2.84. The number of ether oxygens (including phenoxy) is 1. The summed E-state index contributed by atoms with van der Waals surface area (Å²) in [5.41, 5.74) is 7.57. The number of rotatable bonds is 3. The van der Waals surface area contributed by atoms with Crippen LogP contribution in [0, 0.1) is 5.41 Å². The number of hydrogen-bond donors (Lipinski definition) is 1. The number of nitrogens with two attached hydrogens (primary N) is 1. The maximum absolute atomic E-state index is 5.96. The number of benzene rings is 1. The summed E-state index contributed by atoms with van der Waals surface area (Å²) in [5.74, 6) is 0. The molecular formula is C13H18BrNO. The van der Waals surface area contributed by atoms with E-state index in [0.29, 0.717) is 0 Å². The monoisotopic (exact) mass is 283 g/mol. The predicted molar refractivity (Wildman–Crippen MR) is 69.4 cm³/mol. The third-order valence-electron chi connectivity index (χ3n) is 3.45. The van der Waals surface area contributed by atoms with Crippen molar-refractivity contribution < 1.29 is 4.74 Å². The average Bonchev–Trinajstić information content (AvgIpc) is 2.30. The zero-order valence-electron chi connectivity index (χ0n) is 9.42. The van der Waals surface area contributed by atoms with Crippen molar-refractivity contribution in [2.24, 2.45) is 11.1 Å². The third-order valence-corrected chi connectivity index (χ3v) is 3.95. The predicted octanol–water partition coefficient (Wildman–Crippen LogP) is 2.75. The Bertz CT molecular complexity index is 348. The molecule has 1 aromatic rings. The van der Waals surface area contributed by atoms with E-state index in [2.05, 4.69) is 40.2 Å². The first-order valence-electron chi connectivity index (χ1n) is 5.76. The van der Waals surface area contributed by atoms with Crippen LogP contribution in [0.25, 0.3) is 0 Å². The first-order valence-corrected chi connectivity index (χ1v) is 6.56. The first-order chi connectivity index (χ1) is 7.74. The summed E-state index contributed by atoms with van der Waals surface area (Å²) in [6.07, 6.45) is 3.22. The summed E-state index contributed by atoms with van der Waals surface area (Å²) in [7, 11) is 0. The van der Waals surface area contributed by atoms with E-state index in [-0.39, 0.29) is 5.41 Å². The van der Waals surface area contributed by atoms with Crippen molar-refractivity contribution >= 4 is 15.9 Å². The normalized spacial score (nSPS) is 19.6. The molecule has 0 unspecified atom stereocenters. The SMILES string of the molecule is NCC1(Cc2cccc(Br)c2)CCOCC1. The van der Waals surface area contributed by atoms with Gasteiger partial charge in [0.05, 0.1) is 0 Å². The van der Waals surface area contributed by atoms with Crippen molar-refractivity contribution in [3.63, 3.8) is 0 Å². The second kappa shape index (κ2) is 5.30. The molecule has 0 aromatic heterocycles. The van der Waals surface area contributed by atoms with Gasteiger partial charge in [0.2, 0.25) is 0 Å². The molecule has 0 aliphatic carbocycles. The van der Waals surface area contributed by atoms with E-state index >= 15 is 0 Å². The summed E-state index contributed by atoms with van der Waals surface area (Å²) in [6, 6.07) is 8.51. The highest BCUT2D eigenvalue weighted by atomic mass is 79.9. The van der Waals surface area contributed by atoms with Gasteiger partial charge in [-0.1, -0.05) is 28.1 Å². The molecule has 0 spiro atoms. The molecule has 0 saturated carbocycles. The molecule has 1 fully saturated rings. The molecule has 88 valence electrons. The summed E-state index contributed by atoms with van der Waals surface area (Å²) in [5, 5.41) is 0. The van der Waals surface area contributed by atoms with E-state index in [9.17, 15) is 0 Å². The minimum absolute atomic E-state index is 0.249. The van der Waals surface area contributed by atoms with Gasteiger partial charge >= 0.3 is 0 Å². The van der Waals surface area contributed by atoms with Crippen molar-refractivity contribution in [2.75, 3.05) is 19.8 Å². The second-order valence-electron chi connectivity index (χ2n) is 4.62. The van der Waals surface area contributed by atoms with Gasteiger partial charge in [-0.3, -0.25) is 0 Å². The molecular weight excluding hydrogens is 266 g/mol. The van der Waals surface area contributed by atoms with Crippen LogP contribution in [0.15, 0.2) is 28.7 Å². The Morgan fingerprint density at radius 1 is 1.31 bits per heavy atom. The van der Waals surface area contributed by atoms with Crippen molar-refractivity contribution in [3.05, 3.63) is 34.3 Å². The fourth-order valence-electron chi connectivity index (χ4n) is 2.34. The highest BCUT2D eigenvalue weighted by molar-refractivity contribution is 9.10. The van der Waals surface area contributed by atoms with Crippen LogP contribution >= 0.6 is 15.9 Å². The van der Waals surface area contributed by atoms with Crippen molar-refractivity contribution in [1.29, 1.82) is 0 Å². The van der Waals surface area contributed by atoms with Crippen molar-refractivity contribution in [3.8, 4) is 0 Å². The second-order valence-corrected chi connectivity index (χ2v) is 5.54. The van der Waals surface area contributed by atoms with Crippen LogP contribution in [0.4, 0.5) is 0 Å². The van der Waals surface area contributed by atoms with Crippen LogP contribution in [-0.4, -0.2) is 19.8 Å². The van der Waals surface area contributed by atoms with Gasteiger partial charge in [-0.2, -0.15) is 0 Å². The van der Waals surface area contributed by atoms with Crippen LogP contribution in [0.1, 0.15) is 18.4 Å². The molecule has 1 heterocycles. The lowest BCUT2D eigenvalue weighted by Gasteiger charge is -2.36. The van der Waals surface area contributed by atoms with Gasteiger partial charge in [-0.05, 0) is 48.9 Å². The lowest BCUT2D eigenvalue weighted by atomic mass is 9.75. The highest BCUT2D eigenvalue weighted by Gasteiger charge is 2.31. The Balaban J connectivity index is 2.11. The summed E-state index contributed by atoms with van der Waals surface area (Å²) in [4.78, 5) is 0. The summed E-state index contributed by atoms with van der Waals surface area (Å²) >= 11 is 3.51. The van der Waals surface area contributed by atoms with E-state index in [4.69, 9.17) is 10.5 Å². The Kier molecular flexibility index (Phi) is 4.00. The van der Waals surface area contributed by atoms with Crippen molar-refractivity contribution in [1.82, 2.24) is 0 Å². The maximum Gasteiger partial charge on any atom is 0.0471 e. The lowest BCUT2D eigenvalue weighted by Crippen LogP contribution is -2.38. The van der Waals surface area contributed by atoms with Gasteiger partial charge in [0.1, 0.15) is 0 Å². The minimum Gasteiger partial charge on any atom is -0.381 e. The fraction of sp³-hybridized carbons (Fsp3) is 0.538. The molecule has 0 amide bonds. The molecule has 1 saturated heterocycles. The average molecular weight is 284 g/mol. The van der Waals surface area contributed by atoms with Crippen molar-refractivity contribution in [2.45, 2.75) is 19.3 Å². The van der Waals surface area contributed by atoms with Crippen LogP contribution in [0.3, 0.4) is 0 Å². The molecule has 1 aromatic carbocycles. The molecule has 16 heavy (non-hydrogen) atoms. The smallest absolute Gasteiger partial charge is 0.0471 e. The van der Waals surface area contributed by atoms with Crippen LogP contribution in [0.2, 0.25) is 0 Å². The molecule has 1 aliphatic rings. The standard InChI is InChI=1S/C13H18BrNO/c14-12-3-1-2-11(8-12)9-13(10-15)4-6-16-7-5-13/h1-3,8H,4-7,9-10,15H2. The first kappa shape index (κ1) is 12.1. The fourth-order valence-corrected chi connectivity index (χ4v) is 2.78. The molecule has 0 atom stereocenters. The van der Waals surface area contributed by atoms with Crippen LogP contribution in [-0.2, 0) is 11.2 Å². The Morgan fingerprint density at radius 3 is 2.69 bits per heavy atom. The zero-order valence-corrected chi connectivity index (χ0v) is 11.0. The van der Waals surface area contributed by atoms with Crippen LogP contribution < -0.4 is 5.73 Å². The van der Waals surface area contributed by atoms with E-state index in [1.54, 1.807) is 0 Å². The topological polar surface area (TPSA) is 35.2 Å². The van der Waals surface area contributed by atoms with Gasteiger partial charge in [-0.25, -0.2) is 0 Å². The van der Waals surface area contributed by atoms with Gasteiger partial charge in [0.15, 0.2) is 0 Å². The largest absolute Gasteiger partial charge is 0.381 e. The molecule has 1 aliphatic heterocycles. The minimum atomic E-state index is 0.249. The lowest BCUT2D eigenvalue weighted by molar-refractivity contribution is 0.0191. The van der Waals surface area contributed by atoms with Gasteiger partial charge in [0, 0.05) is 17.7 Å². The number of halogens is 1. The highest BCUT2D eigenvalue weighted by Crippen LogP contribution is 2.33. The van der Waals surface area contributed by atoms with Crippen LogP contribution in [0.5, 0.6) is 0 Å². The van der Waals surface area contributed by atoms with E-state index in [1.807, 2.05) is 0 Å². The molecule has 2 nitrogen and oxygen atoms in total. The maximum atomic E-state index is 5.96. The van der Waals surface area contributed by atoms with Gasteiger partial charge in [0.25, 0.3) is 0 Å². The Labute approximate surface area is 105 Å². The zero-order chi connectivity index (χ0) is 11.4. The molecule has 0 radical (unpaired) electrons. The summed E-state index contributed by atoms with van der Waals surface area (Å²) < 4.78 is 6.57. The molecule has 2 N–H and O–H groups in total. The molecule has 2 rings (SSSR count). The molecule has 0 bridgehead atoms. The Hall–Kier alpha value is -0.380.